The summed E-state index contributed by atoms with van der Waals surface area (Å²) in [4.78, 5) is 0. The van der Waals surface area contributed by atoms with Gasteiger partial charge in [0, 0.05) is 5.38 Å². The van der Waals surface area contributed by atoms with Gasteiger partial charge in [-0.05, 0) is 50.0 Å². The van der Waals surface area contributed by atoms with Crippen LogP contribution in [0, 0.1) is 5.92 Å². The second kappa shape index (κ2) is 6.30. The average molecular weight is 237 g/mol. The van der Waals surface area contributed by atoms with Crippen molar-refractivity contribution >= 4 is 11.6 Å². The first-order chi connectivity index (χ1) is 7.84. The molecule has 0 aromatic heterocycles. The van der Waals surface area contributed by atoms with E-state index in [0.717, 1.165) is 5.92 Å². The van der Waals surface area contributed by atoms with Gasteiger partial charge in [0.05, 0.1) is 0 Å². The molecule has 1 aromatic carbocycles. The lowest BCUT2D eigenvalue weighted by Crippen LogP contribution is -2.14. The van der Waals surface area contributed by atoms with Crippen LogP contribution >= 0.6 is 11.6 Å². The lowest BCUT2D eigenvalue weighted by atomic mass is 9.85. The fourth-order valence-electron chi connectivity index (χ4n) is 2.65. The van der Waals surface area contributed by atoms with E-state index >= 15 is 0 Å². The predicted octanol–water partition coefficient (Wildman–Crippen LogP) is 4.81. The predicted molar refractivity (Wildman–Crippen MR) is 71.0 cm³/mol. The van der Waals surface area contributed by atoms with E-state index in [1.54, 1.807) is 0 Å². The molecule has 0 bridgehead atoms. The maximum Gasteiger partial charge on any atom is 0.0336 e. The Hall–Kier alpha value is -0.490. The Morgan fingerprint density at radius 3 is 2.38 bits per heavy atom. The van der Waals surface area contributed by atoms with E-state index in [2.05, 4.69) is 30.3 Å². The van der Waals surface area contributed by atoms with Gasteiger partial charge < -0.3 is 0 Å². The monoisotopic (exact) mass is 236 g/mol. The lowest BCUT2D eigenvalue weighted by Gasteiger charge is -2.24. The number of hydrogen-bond donors (Lipinski definition) is 0. The van der Waals surface area contributed by atoms with E-state index in [-0.39, 0.29) is 0 Å². The number of alkyl halides is 1. The van der Waals surface area contributed by atoms with Gasteiger partial charge in [-0.15, -0.1) is 11.6 Å². The fraction of sp³-hybridized carbons (Fsp3) is 0.600. The molecule has 1 aliphatic rings. The van der Waals surface area contributed by atoms with Gasteiger partial charge in [0.2, 0.25) is 0 Å². The van der Waals surface area contributed by atoms with E-state index in [9.17, 15) is 0 Å². The minimum absolute atomic E-state index is 0.463. The number of halogens is 1. The number of hydrogen-bond acceptors (Lipinski definition) is 0. The summed E-state index contributed by atoms with van der Waals surface area (Å²) in [5.74, 6) is 0.943. The molecule has 16 heavy (non-hydrogen) atoms. The van der Waals surface area contributed by atoms with Gasteiger partial charge >= 0.3 is 0 Å². The molecule has 0 atom stereocenters. The van der Waals surface area contributed by atoms with Gasteiger partial charge in [-0.25, -0.2) is 0 Å². The van der Waals surface area contributed by atoms with E-state index in [4.69, 9.17) is 11.6 Å². The number of benzene rings is 1. The average Bonchev–Trinajstić information content (AvgIpc) is 2.33. The second-order valence-corrected chi connectivity index (χ2v) is 5.61. The van der Waals surface area contributed by atoms with E-state index in [1.165, 1.54) is 50.5 Å². The molecule has 0 spiro atoms. The summed E-state index contributed by atoms with van der Waals surface area (Å²) in [6.45, 7) is 0. The summed E-state index contributed by atoms with van der Waals surface area (Å²) in [7, 11) is 0. The molecular weight excluding hydrogens is 216 g/mol. The van der Waals surface area contributed by atoms with Crippen LogP contribution in [0.25, 0.3) is 0 Å². The normalized spacial score (nSPS) is 25.6. The van der Waals surface area contributed by atoms with Gasteiger partial charge in [-0.3, -0.25) is 0 Å². The van der Waals surface area contributed by atoms with Crippen LogP contribution in [-0.4, -0.2) is 5.38 Å². The molecule has 0 unspecified atom stereocenters. The summed E-state index contributed by atoms with van der Waals surface area (Å²) in [5.41, 5.74) is 1.48. The molecule has 0 nitrogen and oxygen atoms in total. The smallest absolute Gasteiger partial charge is 0.0336 e. The van der Waals surface area contributed by atoms with Crippen molar-refractivity contribution in [1.29, 1.82) is 0 Å². The maximum absolute atomic E-state index is 6.11. The number of rotatable bonds is 4. The number of aryl methyl sites for hydroxylation is 1. The summed E-state index contributed by atoms with van der Waals surface area (Å²) in [5, 5.41) is 0.463. The third-order valence-corrected chi connectivity index (χ3v) is 4.13. The van der Waals surface area contributed by atoms with Crippen LogP contribution in [0.2, 0.25) is 0 Å². The minimum Gasteiger partial charge on any atom is -0.123 e. The van der Waals surface area contributed by atoms with E-state index in [1.807, 2.05) is 0 Å². The Balaban J connectivity index is 1.65. The first-order valence-corrected chi connectivity index (χ1v) is 6.96. The van der Waals surface area contributed by atoms with E-state index in [0.29, 0.717) is 5.38 Å². The third-order valence-electron chi connectivity index (χ3n) is 3.70. The molecule has 0 aliphatic heterocycles. The molecule has 0 radical (unpaired) electrons. The lowest BCUT2D eigenvalue weighted by molar-refractivity contribution is 0.336. The molecule has 0 amide bonds. The minimum atomic E-state index is 0.463. The molecule has 1 aromatic rings. The van der Waals surface area contributed by atoms with Crippen molar-refractivity contribution in [3.63, 3.8) is 0 Å². The molecule has 1 fully saturated rings. The Kier molecular flexibility index (Phi) is 4.71. The Labute approximate surface area is 104 Å². The Morgan fingerprint density at radius 2 is 1.69 bits per heavy atom. The zero-order valence-electron chi connectivity index (χ0n) is 9.87. The zero-order valence-corrected chi connectivity index (χ0v) is 10.6. The van der Waals surface area contributed by atoms with Crippen LogP contribution in [0.4, 0.5) is 0 Å². The first-order valence-electron chi connectivity index (χ1n) is 6.52. The molecule has 1 saturated carbocycles. The SMILES string of the molecule is ClC1CCC(CCCc2ccccc2)CC1. The third kappa shape index (κ3) is 3.83. The van der Waals surface area contributed by atoms with Crippen molar-refractivity contribution in [3.05, 3.63) is 35.9 Å². The molecule has 1 heteroatoms. The standard InChI is InChI=1S/C15H21Cl/c16-15-11-9-14(10-12-15)8-4-7-13-5-2-1-3-6-13/h1-3,5-6,14-15H,4,7-12H2. The maximum atomic E-state index is 6.11. The topological polar surface area (TPSA) is 0 Å². The molecule has 0 N–H and O–H groups in total. The Morgan fingerprint density at radius 1 is 1.00 bits per heavy atom. The van der Waals surface area contributed by atoms with Crippen LogP contribution < -0.4 is 0 Å². The van der Waals surface area contributed by atoms with Crippen LogP contribution in [0.3, 0.4) is 0 Å². The molecule has 1 aliphatic carbocycles. The molecule has 88 valence electrons. The first kappa shape index (κ1) is 12.0. The van der Waals surface area contributed by atoms with Crippen molar-refractivity contribution in [2.45, 2.75) is 50.3 Å². The van der Waals surface area contributed by atoms with Crippen molar-refractivity contribution in [2.24, 2.45) is 5.92 Å². The largest absolute Gasteiger partial charge is 0.123 e. The van der Waals surface area contributed by atoms with Crippen molar-refractivity contribution < 1.29 is 0 Å². The van der Waals surface area contributed by atoms with Gasteiger partial charge in [-0.2, -0.15) is 0 Å². The van der Waals surface area contributed by atoms with Crippen LogP contribution in [0.5, 0.6) is 0 Å². The highest BCUT2D eigenvalue weighted by molar-refractivity contribution is 6.20. The van der Waals surface area contributed by atoms with Crippen LogP contribution in [0.15, 0.2) is 30.3 Å². The van der Waals surface area contributed by atoms with Crippen LogP contribution in [-0.2, 0) is 6.42 Å². The molecular formula is C15H21Cl. The van der Waals surface area contributed by atoms with Gasteiger partial charge in [0.25, 0.3) is 0 Å². The quantitative estimate of drug-likeness (QED) is 0.659. The molecule has 0 heterocycles. The van der Waals surface area contributed by atoms with Gasteiger partial charge in [0.1, 0.15) is 0 Å². The van der Waals surface area contributed by atoms with Gasteiger partial charge in [0.15, 0.2) is 0 Å². The van der Waals surface area contributed by atoms with Crippen molar-refractivity contribution in [3.8, 4) is 0 Å². The molecule has 2 rings (SSSR count). The Bertz CT molecular complexity index is 286. The molecule has 0 saturated heterocycles. The highest BCUT2D eigenvalue weighted by Crippen LogP contribution is 2.30. The fourth-order valence-corrected chi connectivity index (χ4v) is 2.90. The summed E-state index contributed by atoms with van der Waals surface area (Å²) in [6.07, 6.45) is 9.13. The zero-order chi connectivity index (χ0) is 11.2. The second-order valence-electron chi connectivity index (χ2n) is 5.00. The summed E-state index contributed by atoms with van der Waals surface area (Å²) >= 11 is 6.11. The van der Waals surface area contributed by atoms with E-state index < -0.39 is 0 Å². The van der Waals surface area contributed by atoms with Crippen molar-refractivity contribution in [2.75, 3.05) is 0 Å². The van der Waals surface area contributed by atoms with Crippen molar-refractivity contribution in [1.82, 2.24) is 0 Å². The highest BCUT2D eigenvalue weighted by Gasteiger charge is 2.18. The highest BCUT2D eigenvalue weighted by atomic mass is 35.5. The van der Waals surface area contributed by atoms with Crippen LogP contribution in [0.1, 0.15) is 44.1 Å². The summed E-state index contributed by atoms with van der Waals surface area (Å²) < 4.78 is 0. The van der Waals surface area contributed by atoms with Gasteiger partial charge in [-0.1, -0.05) is 36.8 Å². The summed E-state index contributed by atoms with van der Waals surface area (Å²) in [6, 6.07) is 10.8.